The molecule has 2 N–H and O–H groups in total. The van der Waals surface area contributed by atoms with Crippen molar-refractivity contribution in [1.29, 1.82) is 0 Å². The van der Waals surface area contributed by atoms with Gasteiger partial charge < -0.3 is 19.9 Å². The average molecular weight is 260 g/mol. The van der Waals surface area contributed by atoms with Crippen LogP contribution >= 0.6 is 0 Å². The number of nitrogens with two attached hydrogens (primary N) is 1. The summed E-state index contributed by atoms with van der Waals surface area (Å²) in [5.41, 5.74) is 7.55. The molecule has 3 rings (SSSR count). The van der Waals surface area contributed by atoms with Crippen LogP contribution in [0.5, 0.6) is 0 Å². The van der Waals surface area contributed by atoms with Gasteiger partial charge in [-0.3, -0.25) is 0 Å². The van der Waals surface area contributed by atoms with Crippen LogP contribution in [0.15, 0.2) is 28.8 Å². The normalized spacial score (nSPS) is 15.7. The second-order valence-corrected chi connectivity index (χ2v) is 4.51. The van der Waals surface area contributed by atoms with Gasteiger partial charge in [-0.25, -0.2) is 0 Å². The van der Waals surface area contributed by atoms with Crippen molar-refractivity contribution in [2.24, 2.45) is 0 Å². The zero-order chi connectivity index (χ0) is 13.1. The van der Waals surface area contributed by atoms with Gasteiger partial charge in [0.2, 0.25) is 5.89 Å². The number of rotatable bonds is 3. The first-order chi connectivity index (χ1) is 9.31. The molecule has 0 spiro atoms. The number of anilines is 2. The van der Waals surface area contributed by atoms with Gasteiger partial charge in [-0.15, -0.1) is 0 Å². The number of morpholine rings is 1. The topological polar surface area (TPSA) is 77.4 Å². The lowest BCUT2D eigenvalue weighted by atomic mass is 10.1. The molecule has 1 aromatic heterocycles. The maximum absolute atomic E-state index is 5.75. The molecule has 1 aliphatic heterocycles. The Morgan fingerprint density at radius 3 is 2.89 bits per heavy atom. The quantitative estimate of drug-likeness (QED) is 0.832. The first kappa shape index (κ1) is 12.0. The fraction of sp³-hybridized carbons (Fsp3) is 0.385. The highest BCUT2D eigenvalue weighted by Gasteiger charge is 2.17. The Labute approximate surface area is 111 Å². The van der Waals surface area contributed by atoms with E-state index in [2.05, 4.69) is 15.0 Å². The Morgan fingerprint density at radius 2 is 2.11 bits per heavy atom. The Morgan fingerprint density at radius 1 is 1.26 bits per heavy atom. The van der Waals surface area contributed by atoms with Crippen molar-refractivity contribution in [3.8, 4) is 0 Å². The molecule has 0 saturated carbocycles. The lowest BCUT2D eigenvalue weighted by molar-refractivity contribution is 0.121. The number of benzene rings is 1. The van der Waals surface area contributed by atoms with Crippen LogP contribution in [0, 0.1) is 0 Å². The van der Waals surface area contributed by atoms with E-state index in [4.69, 9.17) is 15.0 Å². The number of nitrogen functional groups attached to an aromatic ring is 1. The molecule has 19 heavy (non-hydrogen) atoms. The minimum absolute atomic E-state index is 0.600. The van der Waals surface area contributed by atoms with E-state index in [0.717, 1.165) is 24.3 Å². The maximum atomic E-state index is 5.75. The first-order valence-electron chi connectivity index (χ1n) is 6.31. The van der Waals surface area contributed by atoms with Gasteiger partial charge in [0.1, 0.15) is 0 Å². The molecular formula is C13H16N4O2. The minimum atomic E-state index is 0.600. The van der Waals surface area contributed by atoms with Crippen LogP contribution < -0.4 is 10.6 Å². The van der Waals surface area contributed by atoms with E-state index in [9.17, 15) is 0 Å². The first-order valence-corrected chi connectivity index (χ1v) is 6.31. The van der Waals surface area contributed by atoms with Crippen LogP contribution in [0.4, 0.5) is 11.6 Å². The van der Waals surface area contributed by atoms with Gasteiger partial charge in [0.05, 0.1) is 19.6 Å². The Hall–Kier alpha value is -2.08. The van der Waals surface area contributed by atoms with Gasteiger partial charge in [-0.2, -0.15) is 4.98 Å². The molecule has 0 atom stereocenters. The van der Waals surface area contributed by atoms with Crippen molar-refractivity contribution in [2.45, 2.75) is 6.42 Å². The predicted molar refractivity (Wildman–Crippen MR) is 71.0 cm³/mol. The molecule has 0 unspecified atom stereocenters. The van der Waals surface area contributed by atoms with E-state index >= 15 is 0 Å². The van der Waals surface area contributed by atoms with Crippen molar-refractivity contribution in [1.82, 2.24) is 10.1 Å². The smallest absolute Gasteiger partial charge is 0.266 e. The number of hydrogen-bond donors (Lipinski definition) is 1. The minimum Gasteiger partial charge on any atom is -0.399 e. The predicted octanol–water partition coefficient (Wildman–Crippen LogP) is 1.08. The van der Waals surface area contributed by atoms with Crippen molar-refractivity contribution in [2.75, 3.05) is 36.9 Å². The summed E-state index contributed by atoms with van der Waals surface area (Å²) in [4.78, 5) is 6.48. The largest absolute Gasteiger partial charge is 0.399 e. The molecule has 6 nitrogen and oxygen atoms in total. The van der Waals surface area contributed by atoms with Crippen LogP contribution in [-0.4, -0.2) is 36.4 Å². The van der Waals surface area contributed by atoms with E-state index < -0.39 is 0 Å². The monoisotopic (exact) mass is 260 g/mol. The number of hydrogen-bond acceptors (Lipinski definition) is 6. The fourth-order valence-corrected chi connectivity index (χ4v) is 2.09. The summed E-state index contributed by atoms with van der Waals surface area (Å²) >= 11 is 0. The van der Waals surface area contributed by atoms with Gasteiger partial charge >= 0.3 is 0 Å². The summed E-state index contributed by atoms with van der Waals surface area (Å²) in [7, 11) is 0. The molecule has 2 heterocycles. The summed E-state index contributed by atoms with van der Waals surface area (Å²) in [5, 5.41) is 4.01. The summed E-state index contributed by atoms with van der Waals surface area (Å²) in [6.07, 6.45) is 0.600. The number of nitrogens with zero attached hydrogens (tertiary/aromatic N) is 3. The summed E-state index contributed by atoms with van der Waals surface area (Å²) in [6, 6.07) is 7.69. The third kappa shape index (κ3) is 2.85. The Bertz CT molecular complexity index is 549. The van der Waals surface area contributed by atoms with Gasteiger partial charge in [-0.1, -0.05) is 12.1 Å². The van der Waals surface area contributed by atoms with Crippen molar-refractivity contribution in [3.05, 3.63) is 35.7 Å². The van der Waals surface area contributed by atoms with Gasteiger partial charge in [-0.05, 0) is 22.9 Å². The molecule has 2 aromatic rings. The van der Waals surface area contributed by atoms with Crippen molar-refractivity contribution >= 4 is 11.6 Å². The second kappa shape index (κ2) is 5.27. The van der Waals surface area contributed by atoms with E-state index in [1.165, 1.54) is 0 Å². The van der Waals surface area contributed by atoms with Crippen molar-refractivity contribution in [3.63, 3.8) is 0 Å². The number of ether oxygens (including phenoxy) is 1. The highest BCUT2D eigenvalue weighted by Crippen LogP contribution is 2.15. The molecule has 1 aromatic carbocycles. The van der Waals surface area contributed by atoms with Crippen molar-refractivity contribution < 1.29 is 9.26 Å². The highest BCUT2D eigenvalue weighted by molar-refractivity contribution is 5.41. The highest BCUT2D eigenvalue weighted by atomic mass is 16.5. The maximum Gasteiger partial charge on any atom is 0.266 e. The molecular weight excluding hydrogens is 244 g/mol. The number of aromatic nitrogens is 2. The molecule has 6 heteroatoms. The van der Waals surface area contributed by atoms with E-state index in [1.54, 1.807) is 0 Å². The van der Waals surface area contributed by atoms with E-state index in [1.807, 2.05) is 24.3 Å². The summed E-state index contributed by atoms with van der Waals surface area (Å²) in [5.74, 6) is 1.24. The van der Waals surface area contributed by atoms with E-state index in [-0.39, 0.29) is 0 Å². The molecule has 1 saturated heterocycles. The summed E-state index contributed by atoms with van der Waals surface area (Å²) < 4.78 is 10.6. The zero-order valence-corrected chi connectivity index (χ0v) is 10.6. The van der Waals surface area contributed by atoms with E-state index in [0.29, 0.717) is 31.5 Å². The molecule has 100 valence electrons. The van der Waals surface area contributed by atoms with Crippen LogP contribution in [0.25, 0.3) is 0 Å². The molecule has 0 aliphatic carbocycles. The Balaban J connectivity index is 1.70. The third-order valence-corrected chi connectivity index (χ3v) is 3.06. The third-order valence-electron chi connectivity index (χ3n) is 3.06. The van der Waals surface area contributed by atoms with Crippen LogP contribution in [-0.2, 0) is 11.2 Å². The van der Waals surface area contributed by atoms with Gasteiger partial charge in [0.15, 0.2) is 0 Å². The lowest BCUT2D eigenvalue weighted by Crippen LogP contribution is -2.36. The zero-order valence-electron chi connectivity index (χ0n) is 10.6. The average Bonchev–Trinajstić information content (AvgIpc) is 2.88. The lowest BCUT2D eigenvalue weighted by Gasteiger charge is -2.24. The molecule has 0 bridgehead atoms. The van der Waals surface area contributed by atoms with Crippen LogP contribution in [0.1, 0.15) is 11.5 Å². The summed E-state index contributed by atoms with van der Waals surface area (Å²) in [6.45, 7) is 3.02. The Kier molecular flexibility index (Phi) is 3.33. The molecule has 0 radical (unpaired) electrons. The fourth-order valence-electron chi connectivity index (χ4n) is 2.09. The standard InChI is InChI=1S/C13H16N4O2/c14-11-3-1-2-10(8-11)9-12-15-13(16-19-12)17-4-6-18-7-5-17/h1-3,8H,4-7,9,14H2. The SMILES string of the molecule is Nc1cccc(Cc2nc(N3CCOCC3)no2)c1. The second-order valence-electron chi connectivity index (χ2n) is 4.51. The van der Waals surface area contributed by atoms with Crippen LogP contribution in [0.3, 0.4) is 0 Å². The molecule has 0 amide bonds. The van der Waals surface area contributed by atoms with Crippen LogP contribution in [0.2, 0.25) is 0 Å². The molecule has 1 fully saturated rings. The molecule has 1 aliphatic rings. The van der Waals surface area contributed by atoms with Gasteiger partial charge in [0.25, 0.3) is 5.95 Å². The van der Waals surface area contributed by atoms with Gasteiger partial charge in [0, 0.05) is 18.8 Å².